The van der Waals surface area contributed by atoms with E-state index in [-0.39, 0.29) is 17.9 Å². The van der Waals surface area contributed by atoms with E-state index in [0.29, 0.717) is 19.0 Å². The van der Waals surface area contributed by atoms with Crippen molar-refractivity contribution in [2.45, 2.75) is 51.1 Å². The lowest BCUT2D eigenvalue weighted by molar-refractivity contribution is 0.211. The third kappa shape index (κ3) is 2.50. The highest BCUT2D eigenvalue weighted by Crippen LogP contribution is 2.47. The summed E-state index contributed by atoms with van der Waals surface area (Å²) in [4.78, 5) is 13.7. The lowest BCUT2D eigenvalue weighted by Crippen LogP contribution is -2.31. The second-order valence-corrected chi connectivity index (χ2v) is 7.51. The molecule has 24 heavy (non-hydrogen) atoms. The number of rotatable bonds is 4. The van der Waals surface area contributed by atoms with Crippen molar-refractivity contribution >= 4 is 5.70 Å². The molecule has 2 heterocycles. The molecule has 5 heteroatoms. The van der Waals surface area contributed by atoms with Crippen molar-refractivity contribution < 1.29 is 4.39 Å². The van der Waals surface area contributed by atoms with E-state index in [1.165, 1.54) is 18.9 Å². The van der Waals surface area contributed by atoms with Crippen molar-refractivity contribution in [2.24, 2.45) is 17.0 Å². The van der Waals surface area contributed by atoms with E-state index in [0.717, 1.165) is 35.6 Å². The number of benzene rings is 1. The topological polar surface area (TPSA) is 44.7 Å². The highest BCUT2D eigenvalue weighted by molar-refractivity contribution is 5.73. The zero-order valence-electron chi connectivity index (χ0n) is 14.0. The molecule has 128 valence electrons. The van der Waals surface area contributed by atoms with Gasteiger partial charge in [-0.3, -0.25) is 0 Å². The molecule has 1 aromatic rings. The first-order valence-electron chi connectivity index (χ1n) is 9.00. The van der Waals surface area contributed by atoms with E-state index in [1.54, 1.807) is 6.07 Å². The van der Waals surface area contributed by atoms with E-state index in [9.17, 15) is 9.30 Å². The van der Waals surface area contributed by atoms with Crippen LogP contribution in [0.4, 0.5) is 4.39 Å². The summed E-state index contributed by atoms with van der Waals surface area (Å²) in [5, 5.41) is 6.70. The molecule has 4 nitrogen and oxygen atoms in total. The van der Waals surface area contributed by atoms with Crippen LogP contribution < -0.4 is 5.32 Å². The zero-order valence-corrected chi connectivity index (χ0v) is 14.0. The third-order valence-corrected chi connectivity index (χ3v) is 6.05. The largest absolute Gasteiger partial charge is 0.372 e. The van der Waals surface area contributed by atoms with Gasteiger partial charge in [0.2, 0.25) is 0 Å². The number of hydrogen-bond acceptors (Lipinski definition) is 4. The minimum Gasteiger partial charge on any atom is -0.372 e. The van der Waals surface area contributed by atoms with Gasteiger partial charge in [-0.1, -0.05) is 37.1 Å². The molecule has 1 saturated carbocycles. The van der Waals surface area contributed by atoms with Crippen LogP contribution in [-0.4, -0.2) is 17.6 Å². The Kier molecular flexibility index (Phi) is 4.02. The second kappa shape index (κ2) is 6.19. The van der Waals surface area contributed by atoms with Crippen LogP contribution in [0.25, 0.3) is 5.70 Å². The fourth-order valence-electron chi connectivity index (χ4n) is 4.64. The van der Waals surface area contributed by atoms with Crippen LogP contribution in [0.3, 0.4) is 0 Å². The molecule has 2 unspecified atom stereocenters. The Labute approximate surface area is 142 Å². The highest BCUT2D eigenvalue weighted by Gasteiger charge is 2.40. The van der Waals surface area contributed by atoms with Crippen LogP contribution in [0, 0.1) is 22.6 Å². The molecule has 0 spiro atoms. The summed E-state index contributed by atoms with van der Waals surface area (Å²) < 4.78 is 14.5. The Morgan fingerprint density at radius 3 is 2.88 bits per heavy atom. The van der Waals surface area contributed by atoms with Crippen molar-refractivity contribution in [1.82, 2.24) is 10.2 Å². The van der Waals surface area contributed by atoms with Crippen molar-refractivity contribution in [3.63, 3.8) is 0 Å². The van der Waals surface area contributed by atoms with Gasteiger partial charge in [0.05, 0.1) is 24.4 Å². The maximum atomic E-state index is 14.5. The molecule has 1 N–H and O–H groups in total. The van der Waals surface area contributed by atoms with Gasteiger partial charge in [-0.15, -0.1) is 0 Å². The fourth-order valence-corrected chi connectivity index (χ4v) is 4.64. The summed E-state index contributed by atoms with van der Waals surface area (Å²) in [5.41, 5.74) is 2.73. The van der Waals surface area contributed by atoms with E-state index in [1.807, 2.05) is 12.3 Å². The monoisotopic (exact) mass is 329 g/mol. The number of nitrogens with zero attached hydrogens (tertiary/aromatic N) is 2. The molecular weight excluding hydrogens is 305 g/mol. The summed E-state index contributed by atoms with van der Waals surface area (Å²) in [6, 6.07) is 4.93. The van der Waals surface area contributed by atoms with Crippen LogP contribution in [-0.2, 0) is 0 Å². The number of fused-ring (bicyclic) bond motifs is 3. The summed E-state index contributed by atoms with van der Waals surface area (Å²) in [6.07, 6.45) is 7.02. The zero-order chi connectivity index (χ0) is 16.7. The molecule has 3 aliphatic rings. The summed E-state index contributed by atoms with van der Waals surface area (Å²) in [6.45, 7) is 2.94. The summed E-state index contributed by atoms with van der Waals surface area (Å²) in [7, 11) is 0. The van der Waals surface area contributed by atoms with Crippen molar-refractivity contribution in [3.05, 3.63) is 46.3 Å². The number of hydrogen-bond donors (Lipinski definition) is 1. The number of nitrogens with one attached hydrogen (secondary N) is 1. The molecule has 0 bridgehead atoms. The number of halogens is 1. The third-order valence-electron chi connectivity index (χ3n) is 6.05. The molecule has 0 aromatic heterocycles. The van der Waals surface area contributed by atoms with E-state index < -0.39 is 0 Å². The maximum absolute atomic E-state index is 14.5. The Hall–Kier alpha value is -1.91. The van der Waals surface area contributed by atoms with Crippen molar-refractivity contribution in [2.75, 3.05) is 6.67 Å². The van der Waals surface area contributed by atoms with Crippen LogP contribution in [0.5, 0.6) is 0 Å². The number of nitroso groups, excluding NO2 is 1. The van der Waals surface area contributed by atoms with Crippen LogP contribution >= 0.6 is 0 Å². The fraction of sp³-hybridized carbons (Fsp3) is 0.579. The Morgan fingerprint density at radius 2 is 2.12 bits per heavy atom. The highest BCUT2D eigenvalue weighted by atomic mass is 19.1. The summed E-state index contributed by atoms with van der Waals surface area (Å²) in [5.74, 6) is 0.919. The van der Waals surface area contributed by atoms with Gasteiger partial charge in [0.25, 0.3) is 0 Å². The predicted octanol–water partition coefficient (Wildman–Crippen LogP) is 4.39. The van der Waals surface area contributed by atoms with E-state index in [2.05, 4.69) is 22.3 Å². The smallest absolute Gasteiger partial charge is 0.129 e. The quantitative estimate of drug-likeness (QED) is 0.833. The van der Waals surface area contributed by atoms with Gasteiger partial charge >= 0.3 is 0 Å². The van der Waals surface area contributed by atoms with Crippen molar-refractivity contribution in [1.29, 1.82) is 0 Å². The second-order valence-electron chi connectivity index (χ2n) is 7.51. The molecular formula is C19H24FN3O. The minimum absolute atomic E-state index is 0.0931. The Bertz CT molecular complexity index is 667. The lowest BCUT2D eigenvalue weighted by atomic mass is 9.77. The Balaban J connectivity index is 1.60. The maximum Gasteiger partial charge on any atom is 0.129 e. The van der Waals surface area contributed by atoms with Gasteiger partial charge in [0.1, 0.15) is 5.82 Å². The van der Waals surface area contributed by atoms with Gasteiger partial charge in [-0.25, -0.2) is 4.39 Å². The first-order chi connectivity index (χ1) is 11.7. The predicted molar refractivity (Wildman–Crippen MR) is 92.3 cm³/mol. The lowest BCUT2D eigenvalue weighted by Gasteiger charge is -2.32. The average Bonchev–Trinajstić information content (AvgIpc) is 3.16. The van der Waals surface area contributed by atoms with Crippen molar-refractivity contribution in [3.8, 4) is 0 Å². The van der Waals surface area contributed by atoms with Crippen LogP contribution in [0.2, 0.25) is 0 Å². The molecule has 4 rings (SSSR count). The molecule has 1 aromatic carbocycles. The average molecular weight is 329 g/mol. The molecule has 2 atom stereocenters. The standard InChI is InChI=1S/C19H24FN3O/c1-12-5-7-13(8-6-12)16(22-24)9-17-19-14(3-2-4-15(19)20)18-10-21-11-23(17)18/h2-4,10,12-13,16-17,21H,5-9,11H2,1H3. The molecule has 0 saturated heterocycles. The molecule has 1 fully saturated rings. The van der Waals surface area contributed by atoms with Crippen LogP contribution in [0.15, 0.2) is 29.6 Å². The molecule has 2 aliphatic heterocycles. The first-order valence-corrected chi connectivity index (χ1v) is 9.00. The minimum atomic E-state index is -0.227. The molecule has 1 aliphatic carbocycles. The molecule has 0 amide bonds. The van der Waals surface area contributed by atoms with Gasteiger partial charge < -0.3 is 10.2 Å². The summed E-state index contributed by atoms with van der Waals surface area (Å²) >= 11 is 0. The van der Waals surface area contributed by atoms with Crippen LogP contribution in [0.1, 0.15) is 56.2 Å². The van der Waals surface area contributed by atoms with Gasteiger partial charge in [0.15, 0.2) is 0 Å². The normalized spacial score (nSPS) is 29.5. The van der Waals surface area contributed by atoms with E-state index in [4.69, 9.17) is 0 Å². The van der Waals surface area contributed by atoms with Gasteiger partial charge in [0, 0.05) is 17.3 Å². The Morgan fingerprint density at radius 1 is 1.33 bits per heavy atom. The molecule has 0 radical (unpaired) electrons. The first kappa shape index (κ1) is 15.6. The SMILES string of the molecule is CC1CCC(C(CC2c3c(F)cccc3C3=CNCN32)N=O)CC1. The van der Waals surface area contributed by atoms with E-state index >= 15 is 0 Å². The van der Waals surface area contributed by atoms with Gasteiger partial charge in [-0.2, -0.15) is 4.91 Å². The van der Waals surface area contributed by atoms with Gasteiger partial charge in [-0.05, 0) is 37.2 Å².